The van der Waals surface area contributed by atoms with E-state index in [0.29, 0.717) is 32.4 Å². The van der Waals surface area contributed by atoms with Gasteiger partial charge in [-0.05, 0) is 54.9 Å². The van der Waals surface area contributed by atoms with Gasteiger partial charge in [-0.3, -0.25) is 9.59 Å². The van der Waals surface area contributed by atoms with E-state index in [4.69, 9.17) is 0 Å². The van der Waals surface area contributed by atoms with E-state index >= 15 is 0 Å². The van der Waals surface area contributed by atoms with Crippen molar-refractivity contribution in [3.05, 3.63) is 70.8 Å². The van der Waals surface area contributed by atoms with Gasteiger partial charge in [-0.15, -0.1) is 0 Å². The van der Waals surface area contributed by atoms with Crippen molar-refractivity contribution in [3.8, 4) is 0 Å². The smallest absolute Gasteiger partial charge is 0.242 e. The second kappa shape index (κ2) is 12.9. The Morgan fingerprint density at radius 3 is 2.26 bits per heavy atom. The second-order valence-electron chi connectivity index (χ2n) is 8.19. The van der Waals surface area contributed by atoms with Crippen LogP contribution in [-0.4, -0.2) is 29.3 Å². The lowest BCUT2D eigenvalue weighted by molar-refractivity contribution is -0.141. The number of hydrogen-bond acceptors (Lipinski definition) is 2. The highest BCUT2D eigenvalue weighted by Crippen LogP contribution is 2.17. The summed E-state index contributed by atoms with van der Waals surface area (Å²) in [7, 11) is 0. The molecule has 0 aliphatic carbocycles. The zero-order chi connectivity index (χ0) is 22.6. The molecule has 0 saturated carbocycles. The van der Waals surface area contributed by atoms with Crippen LogP contribution in [0.2, 0.25) is 0 Å². The van der Waals surface area contributed by atoms with Crippen LogP contribution in [0.3, 0.4) is 0 Å². The van der Waals surface area contributed by atoms with E-state index in [9.17, 15) is 9.59 Å². The van der Waals surface area contributed by atoms with E-state index in [-0.39, 0.29) is 11.8 Å². The van der Waals surface area contributed by atoms with E-state index in [1.165, 1.54) is 5.56 Å². The molecule has 2 amide bonds. The van der Waals surface area contributed by atoms with Gasteiger partial charge >= 0.3 is 0 Å². The fraction of sp³-hybridized carbons (Fsp3) is 0.481. The zero-order valence-electron chi connectivity index (χ0n) is 19.6. The van der Waals surface area contributed by atoms with E-state index in [1.54, 1.807) is 4.90 Å². The normalized spacial score (nSPS) is 11.7. The fourth-order valence-corrected chi connectivity index (χ4v) is 3.73. The lowest BCUT2D eigenvalue weighted by Crippen LogP contribution is -2.49. The van der Waals surface area contributed by atoms with Gasteiger partial charge in [0, 0.05) is 19.5 Å². The summed E-state index contributed by atoms with van der Waals surface area (Å²) in [4.78, 5) is 28.0. The lowest BCUT2D eigenvalue weighted by atomic mass is 10.0. The Hall–Kier alpha value is -2.62. The highest BCUT2D eigenvalue weighted by Gasteiger charge is 2.28. The molecule has 0 bridgehead atoms. The van der Waals surface area contributed by atoms with Crippen molar-refractivity contribution >= 4 is 11.8 Å². The summed E-state index contributed by atoms with van der Waals surface area (Å²) in [6, 6.07) is 16.1. The van der Waals surface area contributed by atoms with Crippen LogP contribution in [-0.2, 0) is 29.0 Å². The first-order chi connectivity index (χ1) is 15.0. The molecule has 0 saturated heterocycles. The van der Waals surface area contributed by atoms with E-state index < -0.39 is 6.04 Å². The molecule has 4 nitrogen and oxygen atoms in total. The first kappa shape index (κ1) is 24.6. The minimum absolute atomic E-state index is 0.0281. The molecule has 0 unspecified atom stereocenters. The number of carbonyl (C=O) groups excluding carboxylic acids is 2. The van der Waals surface area contributed by atoms with Crippen molar-refractivity contribution in [1.29, 1.82) is 0 Å². The molecule has 4 heteroatoms. The van der Waals surface area contributed by atoms with E-state index in [1.807, 2.05) is 25.1 Å². The summed E-state index contributed by atoms with van der Waals surface area (Å²) < 4.78 is 0. The van der Waals surface area contributed by atoms with Crippen molar-refractivity contribution < 1.29 is 9.59 Å². The molecule has 0 fully saturated rings. The van der Waals surface area contributed by atoms with Gasteiger partial charge in [-0.1, -0.05) is 75.7 Å². The highest BCUT2D eigenvalue weighted by atomic mass is 16.2. The molecule has 0 aliphatic heterocycles. The van der Waals surface area contributed by atoms with Gasteiger partial charge in [0.25, 0.3) is 0 Å². The van der Waals surface area contributed by atoms with Crippen molar-refractivity contribution in [1.82, 2.24) is 10.2 Å². The summed E-state index contributed by atoms with van der Waals surface area (Å²) >= 11 is 0. The topological polar surface area (TPSA) is 49.4 Å². The second-order valence-corrected chi connectivity index (χ2v) is 8.19. The molecule has 0 heterocycles. The molecule has 0 aromatic heterocycles. The summed E-state index contributed by atoms with van der Waals surface area (Å²) in [5.41, 5.74) is 4.67. The van der Waals surface area contributed by atoms with Crippen LogP contribution in [0.25, 0.3) is 0 Å². The van der Waals surface area contributed by atoms with Crippen LogP contribution in [0, 0.1) is 6.92 Å². The number of hydrogen-bond donors (Lipinski definition) is 1. The van der Waals surface area contributed by atoms with E-state index in [0.717, 1.165) is 36.0 Å². The van der Waals surface area contributed by atoms with Crippen molar-refractivity contribution in [2.45, 2.75) is 78.8 Å². The number of benzene rings is 2. The minimum atomic E-state index is -0.452. The van der Waals surface area contributed by atoms with Crippen LogP contribution in [0.4, 0.5) is 0 Å². The fourth-order valence-electron chi connectivity index (χ4n) is 3.73. The summed E-state index contributed by atoms with van der Waals surface area (Å²) in [6.45, 7) is 9.38. The molecule has 1 atom stereocenters. The average molecular weight is 423 g/mol. The third-order valence-electron chi connectivity index (χ3n) is 5.88. The number of carbonyl (C=O) groups is 2. The monoisotopic (exact) mass is 422 g/mol. The molecule has 31 heavy (non-hydrogen) atoms. The maximum Gasteiger partial charge on any atom is 0.242 e. The van der Waals surface area contributed by atoms with Gasteiger partial charge in [0.15, 0.2) is 0 Å². The zero-order valence-corrected chi connectivity index (χ0v) is 19.6. The number of amides is 2. The summed E-state index contributed by atoms with van der Waals surface area (Å²) in [5, 5.41) is 3.02. The Balaban J connectivity index is 2.16. The molecular formula is C27H38N2O2. The highest BCUT2D eigenvalue weighted by molar-refractivity contribution is 5.87. The van der Waals surface area contributed by atoms with Crippen molar-refractivity contribution in [3.63, 3.8) is 0 Å². The van der Waals surface area contributed by atoms with Gasteiger partial charge in [-0.2, -0.15) is 0 Å². The van der Waals surface area contributed by atoms with Gasteiger partial charge < -0.3 is 10.2 Å². The van der Waals surface area contributed by atoms with Gasteiger partial charge in [-0.25, -0.2) is 0 Å². The quantitative estimate of drug-likeness (QED) is 0.477. The van der Waals surface area contributed by atoms with Crippen LogP contribution in [0.1, 0.15) is 68.7 Å². The first-order valence-electron chi connectivity index (χ1n) is 11.7. The van der Waals surface area contributed by atoms with Gasteiger partial charge in [0.05, 0.1) is 0 Å². The van der Waals surface area contributed by atoms with Crippen LogP contribution in [0.15, 0.2) is 48.5 Å². The Morgan fingerprint density at radius 2 is 1.65 bits per heavy atom. The number of nitrogens with zero attached hydrogens (tertiary/aromatic N) is 1. The maximum absolute atomic E-state index is 13.3. The Morgan fingerprint density at radius 1 is 0.968 bits per heavy atom. The molecule has 0 aliphatic rings. The molecule has 0 radical (unpaired) electrons. The predicted octanol–water partition coefficient (Wildman–Crippen LogP) is 5.21. The summed E-state index contributed by atoms with van der Waals surface area (Å²) in [6.07, 6.45) is 4.66. The number of nitrogens with one attached hydrogen (secondary N) is 1. The largest absolute Gasteiger partial charge is 0.354 e. The number of aryl methyl sites for hydroxylation is 3. The van der Waals surface area contributed by atoms with Crippen LogP contribution < -0.4 is 5.32 Å². The first-order valence-corrected chi connectivity index (χ1v) is 11.7. The third-order valence-corrected chi connectivity index (χ3v) is 5.88. The molecule has 1 N–H and O–H groups in total. The average Bonchev–Trinajstić information content (AvgIpc) is 2.79. The Labute approximate surface area is 188 Å². The van der Waals surface area contributed by atoms with E-state index in [2.05, 4.69) is 56.4 Å². The van der Waals surface area contributed by atoms with Gasteiger partial charge in [0.2, 0.25) is 11.8 Å². The van der Waals surface area contributed by atoms with Crippen LogP contribution in [0.5, 0.6) is 0 Å². The SMILES string of the molecule is CCCCNC(=O)[C@@H](CC)N(Cc1ccccc1C)C(=O)CCc1ccc(CC)cc1. The molecule has 2 rings (SSSR count). The molecule has 168 valence electrons. The number of unbranched alkanes of at least 4 members (excludes halogenated alkanes) is 1. The molecular weight excluding hydrogens is 384 g/mol. The molecule has 2 aromatic rings. The third kappa shape index (κ3) is 7.54. The minimum Gasteiger partial charge on any atom is -0.354 e. The van der Waals surface area contributed by atoms with Gasteiger partial charge in [0.1, 0.15) is 6.04 Å². The maximum atomic E-state index is 13.3. The van der Waals surface area contributed by atoms with Crippen molar-refractivity contribution in [2.24, 2.45) is 0 Å². The standard InChI is InChI=1S/C27H38N2O2/c1-5-8-19-28-27(31)25(7-3)29(20-24-12-10-9-11-21(24)4)26(30)18-17-23-15-13-22(6-2)14-16-23/h9-16,25H,5-8,17-20H2,1-4H3,(H,28,31)/t25-/m1/s1. The lowest BCUT2D eigenvalue weighted by Gasteiger charge is -2.31. The van der Waals surface area contributed by atoms with Crippen molar-refractivity contribution in [2.75, 3.05) is 6.54 Å². The Bertz CT molecular complexity index is 829. The molecule has 2 aromatic carbocycles. The predicted molar refractivity (Wildman–Crippen MR) is 128 cm³/mol. The summed E-state index contributed by atoms with van der Waals surface area (Å²) in [5.74, 6) is -0.0227. The van der Waals surface area contributed by atoms with Crippen LogP contribution >= 0.6 is 0 Å². The Kier molecular flexibility index (Phi) is 10.3. The number of rotatable bonds is 12. The molecule has 0 spiro atoms.